The number of ether oxygens (including phenoxy) is 5. The van der Waals surface area contributed by atoms with Gasteiger partial charge in [0.1, 0.15) is 12.2 Å². The number of fused-ring (bicyclic) bond motifs is 1. The number of hydrogen-bond acceptors (Lipinski definition) is 6. The molecule has 0 aromatic carbocycles. The molecule has 3 fully saturated rings. The highest BCUT2D eigenvalue weighted by Gasteiger charge is 2.65. The Morgan fingerprint density at radius 2 is 1.77 bits per heavy atom. The van der Waals surface area contributed by atoms with Crippen molar-refractivity contribution in [2.24, 2.45) is 0 Å². The lowest BCUT2D eigenvalue weighted by atomic mass is 9.89. The molecular formula is C16H24O6. The molecule has 5 atom stereocenters. The van der Waals surface area contributed by atoms with E-state index in [1.54, 1.807) is 13.8 Å². The summed E-state index contributed by atoms with van der Waals surface area (Å²) in [5.41, 5.74) is -1.48. The largest absolute Gasteiger partial charge is 0.372 e. The van der Waals surface area contributed by atoms with Gasteiger partial charge in [-0.25, -0.2) is 0 Å². The van der Waals surface area contributed by atoms with Gasteiger partial charge >= 0.3 is 0 Å². The zero-order valence-corrected chi connectivity index (χ0v) is 13.7. The molecule has 0 spiro atoms. The van der Waals surface area contributed by atoms with Crippen molar-refractivity contribution in [3.05, 3.63) is 0 Å². The summed E-state index contributed by atoms with van der Waals surface area (Å²) >= 11 is 0. The first-order chi connectivity index (χ1) is 10.2. The normalized spacial score (nSPS) is 45.4. The maximum atomic E-state index is 11.2. The molecule has 6 nitrogen and oxygen atoms in total. The molecule has 3 heterocycles. The molecule has 0 saturated carbocycles. The van der Waals surface area contributed by atoms with Crippen molar-refractivity contribution in [2.75, 3.05) is 6.61 Å². The van der Waals surface area contributed by atoms with Crippen molar-refractivity contribution < 1.29 is 28.8 Å². The van der Waals surface area contributed by atoms with Gasteiger partial charge in [-0.05, 0) is 27.7 Å². The third kappa shape index (κ3) is 2.67. The van der Waals surface area contributed by atoms with Gasteiger partial charge in [-0.3, -0.25) is 0 Å². The van der Waals surface area contributed by atoms with Crippen LogP contribution < -0.4 is 0 Å². The predicted octanol–water partition coefficient (Wildman–Crippen LogP) is 1.16. The van der Waals surface area contributed by atoms with E-state index in [4.69, 9.17) is 23.7 Å². The predicted molar refractivity (Wildman–Crippen MR) is 76.6 cm³/mol. The molecule has 0 aromatic heterocycles. The van der Waals surface area contributed by atoms with Crippen molar-refractivity contribution in [1.82, 2.24) is 0 Å². The van der Waals surface area contributed by atoms with Crippen molar-refractivity contribution in [1.29, 1.82) is 0 Å². The highest BCUT2D eigenvalue weighted by molar-refractivity contribution is 5.25. The fraction of sp³-hybridized carbons (Fsp3) is 0.875. The van der Waals surface area contributed by atoms with E-state index in [1.807, 2.05) is 20.8 Å². The van der Waals surface area contributed by atoms with Gasteiger partial charge in [0.2, 0.25) is 0 Å². The summed E-state index contributed by atoms with van der Waals surface area (Å²) in [6, 6.07) is 0. The van der Waals surface area contributed by atoms with Crippen LogP contribution in [0, 0.1) is 11.8 Å². The quantitative estimate of drug-likeness (QED) is 0.733. The van der Waals surface area contributed by atoms with Crippen molar-refractivity contribution in [3.63, 3.8) is 0 Å². The molecule has 0 unspecified atom stereocenters. The molecule has 0 aromatic rings. The molecule has 22 heavy (non-hydrogen) atoms. The summed E-state index contributed by atoms with van der Waals surface area (Å²) in [5, 5.41) is 11.2. The topological polar surface area (TPSA) is 66.4 Å². The molecule has 0 aliphatic carbocycles. The van der Waals surface area contributed by atoms with Gasteiger partial charge in [-0.1, -0.05) is 12.8 Å². The Balaban J connectivity index is 1.88. The van der Waals surface area contributed by atoms with Crippen LogP contribution in [0.4, 0.5) is 0 Å². The van der Waals surface area contributed by atoms with E-state index in [1.165, 1.54) is 0 Å². The Hall–Kier alpha value is -0.680. The maximum Gasteiger partial charge on any atom is 0.191 e. The van der Waals surface area contributed by atoms with E-state index in [2.05, 4.69) is 11.8 Å². The van der Waals surface area contributed by atoms with Crippen molar-refractivity contribution >= 4 is 0 Å². The second-order valence-corrected chi connectivity index (χ2v) is 6.83. The maximum absolute atomic E-state index is 11.2. The summed E-state index contributed by atoms with van der Waals surface area (Å²) in [7, 11) is 0. The molecule has 3 saturated heterocycles. The Kier molecular flexibility index (Phi) is 3.80. The SMILES string of the molecule is CCC#C[C@@]1(O)[C@@H]([C@H]2COC(C)(C)O2)O[C@@H]2OC(C)(C)O[C@@H]21. The molecular weight excluding hydrogens is 288 g/mol. The van der Waals surface area contributed by atoms with Crippen LogP contribution in [0.2, 0.25) is 0 Å². The highest BCUT2D eigenvalue weighted by Crippen LogP contribution is 2.45. The summed E-state index contributed by atoms with van der Waals surface area (Å²) < 4.78 is 28.9. The number of aliphatic hydroxyl groups is 1. The first-order valence-corrected chi connectivity index (χ1v) is 7.72. The van der Waals surface area contributed by atoms with Gasteiger partial charge < -0.3 is 28.8 Å². The van der Waals surface area contributed by atoms with Gasteiger partial charge in [0.15, 0.2) is 29.6 Å². The smallest absolute Gasteiger partial charge is 0.191 e. The Labute approximate surface area is 131 Å². The van der Waals surface area contributed by atoms with E-state index >= 15 is 0 Å². The molecule has 3 aliphatic rings. The Morgan fingerprint density at radius 1 is 1.05 bits per heavy atom. The third-order valence-electron chi connectivity index (χ3n) is 4.04. The van der Waals surface area contributed by atoms with Crippen molar-refractivity contribution in [2.45, 2.75) is 82.8 Å². The van der Waals surface area contributed by atoms with E-state index < -0.39 is 41.8 Å². The lowest BCUT2D eigenvalue weighted by molar-refractivity contribution is -0.240. The molecule has 0 amide bonds. The molecule has 3 rings (SSSR count). The number of rotatable bonds is 1. The second kappa shape index (κ2) is 5.17. The Bertz CT molecular complexity index is 505. The van der Waals surface area contributed by atoms with E-state index in [9.17, 15) is 5.11 Å². The average molecular weight is 312 g/mol. The summed E-state index contributed by atoms with van der Waals surface area (Å²) in [5.74, 6) is 4.33. The lowest BCUT2D eigenvalue weighted by Gasteiger charge is -2.32. The van der Waals surface area contributed by atoms with Gasteiger partial charge in [0.05, 0.1) is 6.61 Å². The van der Waals surface area contributed by atoms with Gasteiger partial charge in [-0.2, -0.15) is 0 Å². The second-order valence-electron chi connectivity index (χ2n) is 6.83. The molecule has 124 valence electrons. The van der Waals surface area contributed by atoms with E-state index in [0.717, 1.165) is 0 Å². The molecule has 6 heteroatoms. The molecule has 3 aliphatic heterocycles. The summed E-state index contributed by atoms with van der Waals surface area (Å²) in [6.07, 6.45) is -1.81. The average Bonchev–Trinajstić information content (AvgIpc) is 2.99. The standard InChI is InChI=1S/C16H24O6/c1-6-7-8-16(17)11(10-9-18-14(2,3)20-10)19-13-12(16)21-15(4,5)22-13/h10-13,17H,6,9H2,1-5H3/t10-,11-,12+,13-,16-/m1/s1. The minimum Gasteiger partial charge on any atom is -0.372 e. The van der Waals surface area contributed by atoms with Gasteiger partial charge in [-0.15, -0.1) is 5.92 Å². The first-order valence-electron chi connectivity index (χ1n) is 7.72. The van der Waals surface area contributed by atoms with Crippen LogP contribution in [-0.4, -0.2) is 53.5 Å². The zero-order valence-electron chi connectivity index (χ0n) is 13.7. The highest BCUT2D eigenvalue weighted by atomic mass is 16.8. The zero-order chi connectivity index (χ0) is 16.2. The summed E-state index contributed by atoms with van der Waals surface area (Å²) in [6.45, 7) is 9.49. The minimum atomic E-state index is -1.48. The van der Waals surface area contributed by atoms with Gasteiger partial charge in [0.25, 0.3) is 0 Å². The Morgan fingerprint density at radius 3 is 2.36 bits per heavy atom. The fourth-order valence-corrected chi connectivity index (χ4v) is 3.15. The third-order valence-corrected chi connectivity index (χ3v) is 4.04. The van der Waals surface area contributed by atoms with Crippen LogP contribution >= 0.6 is 0 Å². The van der Waals surface area contributed by atoms with Crippen LogP contribution in [0.3, 0.4) is 0 Å². The lowest BCUT2D eigenvalue weighted by Crippen LogP contribution is -2.53. The molecule has 0 bridgehead atoms. The van der Waals surface area contributed by atoms with Crippen LogP contribution in [0.25, 0.3) is 0 Å². The summed E-state index contributed by atoms with van der Waals surface area (Å²) in [4.78, 5) is 0. The van der Waals surface area contributed by atoms with E-state index in [-0.39, 0.29) is 0 Å². The fourth-order valence-electron chi connectivity index (χ4n) is 3.15. The van der Waals surface area contributed by atoms with Crippen LogP contribution in [0.5, 0.6) is 0 Å². The number of hydrogen-bond donors (Lipinski definition) is 1. The van der Waals surface area contributed by atoms with Crippen LogP contribution in [0.1, 0.15) is 41.0 Å². The molecule has 1 N–H and O–H groups in total. The van der Waals surface area contributed by atoms with Crippen molar-refractivity contribution in [3.8, 4) is 11.8 Å². The van der Waals surface area contributed by atoms with Crippen LogP contribution in [0.15, 0.2) is 0 Å². The first kappa shape index (κ1) is 16.2. The monoisotopic (exact) mass is 312 g/mol. The minimum absolute atomic E-state index is 0.330. The van der Waals surface area contributed by atoms with Crippen LogP contribution in [-0.2, 0) is 23.7 Å². The van der Waals surface area contributed by atoms with Gasteiger partial charge in [0, 0.05) is 6.42 Å². The van der Waals surface area contributed by atoms with E-state index in [0.29, 0.717) is 13.0 Å². The molecule has 0 radical (unpaired) electrons.